The standard InChI is InChI=1S/C22H33N3O2S/c1-15-24-18(14-28-15)13-27-19-8-7-16(9-20(19)26-6)12-23-17-10-21(2,3)25-22(4,5)11-17/h7-9,14,17,23,25H,10-13H2,1-6H3. The molecule has 0 saturated carbocycles. The van der Waals surface area contributed by atoms with E-state index in [0.717, 1.165) is 41.6 Å². The number of aryl methyl sites for hydroxylation is 1. The van der Waals surface area contributed by atoms with Gasteiger partial charge in [-0.3, -0.25) is 0 Å². The predicted molar refractivity (Wildman–Crippen MR) is 115 cm³/mol. The fraction of sp³-hybridized carbons (Fsp3) is 0.591. The van der Waals surface area contributed by atoms with Gasteiger partial charge >= 0.3 is 0 Å². The van der Waals surface area contributed by atoms with E-state index in [-0.39, 0.29) is 11.1 Å². The van der Waals surface area contributed by atoms with Crippen molar-refractivity contribution in [3.05, 3.63) is 39.8 Å². The Bertz CT molecular complexity index is 785. The van der Waals surface area contributed by atoms with Gasteiger partial charge in [-0.2, -0.15) is 0 Å². The van der Waals surface area contributed by atoms with Gasteiger partial charge in [0.15, 0.2) is 11.5 Å². The van der Waals surface area contributed by atoms with Crippen LogP contribution in [0.3, 0.4) is 0 Å². The number of rotatable bonds is 7. The van der Waals surface area contributed by atoms with Crippen LogP contribution in [0, 0.1) is 6.92 Å². The van der Waals surface area contributed by atoms with Gasteiger partial charge in [0.05, 0.1) is 17.8 Å². The molecule has 0 radical (unpaired) electrons. The average molecular weight is 404 g/mol. The minimum Gasteiger partial charge on any atom is -0.493 e. The van der Waals surface area contributed by atoms with E-state index in [0.29, 0.717) is 12.6 Å². The molecule has 1 aliphatic rings. The third-order valence-electron chi connectivity index (χ3n) is 5.06. The fourth-order valence-corrected chi connectivity index (χ4v) is 4.89. The van der Waals surface area contributed by atoms with Crippen molar-refractivity contribution in [3.8, 4) is 11.5 Å². The van der Waals surface area contributed by atoms with Crippen LogP contribution in [0.4, 0.5) is 0 Å². The van der Waals surface area contributed by atoms with Crippen molar-refractivity contribution in [1.29, 1.82) is 0 Å². The Morgan fingerprint density at radius 1 is 1.18 bits per heavy atom. The topological polar surface area (TPSA) is 55.4 Å². The Kier molecular flexibility index (Phi) is 6.32. The van der Waals surface area contributed by atoms with Crippen LogP contribution in [0.5, 0.6) is 11.5 Å². The number of piperidine rings is 1. The van der Waals surface area contributed by atoms with E-state index in [1.807, 2.05) is 18.4 Å². The van der Waals surface area contributed by atoms with E-state index in [4.69, 9.17) is 9.47 Å². The highest BCUT2D eigenvalue weighted by Crippen LogP contribution is 2.31. The van der Waals surface area contributed by atoms with E-state index in [9.17, 15) is 0 Å². The smallest absolute Gasteiger partial charge is 0.161 e. The van der Waals surface area contributed by atoms with Crippen molar-refractivity contribution in [2.75, 3.05) is 7.11 Å². The first-order valence-corrected chi connectivity index (χ1v) is 10.8. The summed E-state index contributed by atoms with van der Waals surface area (Å²) in [6, 6.07) is 6.65. The maximum absolute atomic E-state index is 5.92. The number of aromatic nitrogens is 1. The van der Waals surface area contributed by atoms with E-state index in [1.165, 1.54) is 5.56 Å². The van der Waals surface area contributed by atoms with Crippen molar-refractivity contribution in [1.82, 2.24) is 15.6 Å². The predicted octanol–water partition coefficient (Wildman–Crippen LogP) is 4.44. The Balaban J connectivity index is 1.60. The number of benzene rings is 1. The lowest BCUT2D eigenvalue weighted by Crippen LogP contribution is -2.61. The maximum atomic E-state index is 5.92. The summed E-state index contributed by atoms with van der Waals surface area (Å²) in [6.45, 7) is 12.4. The van der Waals surface area contributed by atoms with Gasteiger partial charge in [0, 0.05) is 29.0 Å². The number of methoxy groups -OCH3 is 1. The van der Waals surface area contributed by atoms with Crippen molar-refractivity contribution >= 4 is 11.3 Å². The second-order valence-corrected chi connectivity index (χ2v) is 10.1. The number of thiazole rings is 1. The largest absolute Gasteiger partial charge is 0.493 e. The fourth-order valence-electron chi connectivity index (χ4n) is 4.30. The summed E-state index contributed by atoms with van der Waals surface area (Å²) in [5.41, 5.74) is 2.43. The highest BCUT2D eigenvalue weighted by Gasteiger charge is 2.37. The molecule has 154 valence electrons. The van der Waals surface area contributed by atoms with Crippen LogP contribution in [-0.2, 0) is 13.2 Å². The van der Waals surface area contributed by atoms with Gasteiger partial charge < -0.3 is 20.1 Å². The Morgan fingerprint density at radius 3 is 2.50 bits per heavy atom. The maximum Gasteiger partial charge on any atom is 0.161 e. The molecule has 28 heavy (non-hydrogen) atoms. The molecule has 0 aliphatic carbocycles. The van der Waals surface area contributed by atoms with Gasteiger partial charge in [-0.15, -0.1) is 11.3 Å². The minimum atomic E-state index is 0.142. The molecule has 0 spiro atoms. The van der Waals surface area contributed by atoms with Gasteiger partial charge in [0.2, 0.25) is 0 Å². The van der Waals surface area contributed by atoms with Crippen molar-refractivity contribution in [3.63, 3.8) is 0 Å². The molecule has 1 saturated heterocycles. The zero-order chi connectivity index (χ0) is 20.4. The number of hydrogen-bond donors (Lipinski definition) is 2. The number of nitrogens with one attached hydrogen (secondary N) is 2. The van der Waals surface area contributed by atoms with Crippen LogP contribution in [0.1, 0.15) is 56.8 Å². The first kappa shape index (κ1) is 21.1. The van der Waals surface area contributed by atoms with Crippen LogP contribution >= 0.6 is 11.3 Å². The van der Waals surface area contributed by atoms with E-state index in [1.54, 1.807) is 18.4 Å². The molecule has 1 aromatic carbocycles. The molecule has 0 atom stereocenters. The Morgan fingerprint density at radius 2 is 1.89 bits per heavy atom. The molecule has 0 bridgehead atoms. The van der Waals surface area contributed by atoms with Gasteiger partial charge in [0.1, 0.15) is 6.61 Å². The van der Waals surface area contributed by atoms with Gasteiger partial charge in [-0.1, -0.05) is 6.07 Å². The highest BCUT2D eigenvalue weighted by atomic mass is 32.1. The molecule has 1 aromatic heterocycles. The lowest BCUT2D eigenvalue weighted by molar-refractivity contribution is 0.145. The third-order valence-corrected chi connectivity index (χ3v) is 5.88. The third kappa shape index (κ3) is 5.69. The van der Waals surface area contributed by atoms with Crippen molar-refractivity contribution in [2.24, 2.45) is 0 Å². The number of ether oxygens (including phenoxy) is 2. The van der Waals surface area contributed by atoms with Gasteiger partial charge in [-0.25, -0.2) is 4.98 Å². The monoisotopic (exact) mass is 403 g/mol. The molecule has 1 fully saturated rings. The number of nitrogens with zero attached hydrogens (tertiary/aromatic N) is 1. The molecule has 3 rings (SSSR count). The van der Waals surface area contributed by atoms with Crippen molar-refractivity contribution < 1.29 is 9.47 Å². The summed E-state index contributed by atoms with van der Waals surface area (Å²) >= 11 is 1.64. The zero-order valence-corrected chi connectivity index (χ0v) is 18.7. The van der Waals surface area contributed by atoms with E-state index in [2.05, 4.69) is 55.4 Å². The normalized spacial score (nSPS) is 18.8. The lowest BCUT2D eigenvalue weighted by atomic mass is 9.79. The molecule has 2 heterocycles. The number of hydrogen-bond acceptors (Lipinski definition) is 6. The van der Waals surface area contributed by atoms with Crippen molar-refractivity contribution in [2.45, 2.75) is 77.7 Å². The van der Waals surface area contributed by atoms with Gasteiger partial charge in [0.25, 0.3) is 0 Å². The SMILES string of the molecule is COc1cc(CNC2CC(C)(C)NC(C)(C)C2)ccc1OCc1csc(C)n1. The first-order valence-electron chi connectivity index (χ1n) is 9.89. The summed E-state index contributed by atoms with van der Waals surface area (Å²) < 4.78 is 11.5. The minimum absolute atomic E-state index is 0.142. The molecular formula is C22H33N3O2S. The van der Waals surface area contributed by atoms with E-state index >= 15 is 0 Å². The molecule has 5 nitrogen and oxygen atoms in total. The van der Waals surface area contributed by atoms with Gasteiger partial charge in [-0.05, 0) is 65.2 Å². The second-order valence-electron chi connectivity index (χ2n) is 9.01. The summed E-state index contributed by atoms with van der Waals surface area (Å²) in [5.74, 6) is 1.51. The first-order chi connectivity index (χ1) is 13.2. The summed E-state index contributed by atoms with van der Waals surface area (Å²) in [6.07, 6.45) is 2.23. The van der Waals surface area contributed by atoms with Crippen LogP contribution < -0.4 is 20.1 Å². The average Bonchev–Trinajstić information content (AvgIpc) is 3.01. The van der Waals surface area contributed by atoms with Crippen LogP contribution in [0.2, 0.25) is 0 Å². The van der Waals surface area contributed by atoms with E-state index < -0.39 is 0 Å². The molecule has 0 unspecified atom stereocenters. The molecule has 1 aliphatic heterocycles. The Hall–Kier alpha value is -1.63. The van der Waals surface area contributed by atoms with Crippen LogP contribution in [0.25, 0.3) is 0 Å². The summed E-state index contributed by atoms with van der Waals surface area (Å²) in [7, 11) is 1.68. The molecule has 2 N–H and O–H groups in total. The summed E-state index contributed by atoms with van der Waals surface area (Å²) in [5, 5.41) is 10.6. The molecule has 6 heteroatoms. The summed E-state index contributed by atoms with van der Waals surface area (Å²) in [4.78, 5) is 4.44. The molecule has 2 aromatic rings. The Labute approximate surface area is 172 Å². The molecule has 0 amide bonds. The highest BCUT2D eigenvalue weighted by molar-refractivity contribution is 7.09. The second kappa shape index (κ2) is 8.39. The zero-order valence-electron chi connectivity index (χ0n) is 17.9. The quantitative estimate of drug-likeness (QED) is 0.716. The van der Waals surface area contributed by atoms with Crippen LogP contribution in [0.15, 0.2) is 23.6 Å². The molecular weight excluding hydrogens is 370 g/mol. The lowest BCUT2D eigenvalue weighted by Gasteiger charge is -2.46. The van der Waals surface area contributed by atoms with Crippen LogP contribution in [-0.4, -0.2) is 29.2 Å².